The number of benzene rings is 6. The molecule has 2 saturated heterocycles. The van der Waals surface area contributed by atoms with Gasteiger partial charge < -0.3 is 38.6 Å². The number of phenolic OH excluding ortho intramolecular Hbond substituents is 2. The molecule has 2 aliphatic rings. The Labute approximate surface area is 393 Å². The first-order valence-corrected chi connectivity index (χ1v) is 22.9. The van der Waals surface area contributed by atoms with E-state index in [4.69, 9.17) is 28.4 Å². The minimum atomic E-state index is -0.690. The zero-order valence-electron chi connectivity index (χ0n) is 39.1. The lowest BCUT2D eigenvalue weighted by molar-refractivity contribution is -0.337. The van der Waals surface area contributed by atoms with Crippen molar-refractivity contribution in [3.63, 3.8) is 0 Å². The smallest absolute Gasteiger partial charge is 0.313 e. The average Bonchev–Trinajstić information content (AvgIpc) is 3.36. The van der Waals surface area contributed by atoms with Crippen LogP contribution in [0, 0.1) is 16.2 Å². The van der Waals surface area contributed by atoms with E-state index in [1.54, 1.807) is 0 Å². The highest BCUT2D eigenvalue weighted by Gasteiger charge is 2.48. The maximum absolute atomic E-state index is 13.7. The first kappa shape index (κ1) is 47.2. The van der Waals surface area contributed by atoms with Gasteiger partial charge in [0, 0.05) is 33.1 Å². The van der Waals surface area contributed by atoms with Gasteiger partial charge in [-0.05, 0) is 71.5 Å². The minimum Gasteiger partial charge on any atom is -0.507 e. The Kier molecular flexibility index (Phi) is 14.0. The van der Waals surface area contributed by atoms with Gasteiger partial charge >= 0.3 is 11.9 Å². The highest BCUT2D eigenvalue weighted by Crippen LogP contribution is 2.44. The maximum Gasteiger partial charge on any atom is 0.313 e. The van der Waals surface area contributed by atoms with Crippen LogP contribution in [0.15, 0.2) is 146 Å². The van der Waals surface area contributed by atoms with Crippen molar-refractivity contribution in [2.24, 2.45) is 16.2 Å². The van der Waals surface area contributed by atoms with Gasteiger partial charge in [0.2, 0.25) is 0 Å². The molecule has 0 saturated carbocycles. The molecule has 348 valence electrons. The summed E-state index contributed by atoms with van der Waals surface area (Å²) in [5.41, 5.74) is 5.42. The topological polar surface area (TPSA) is 130 Å². The van der Waals surface area contributed by atoms with Crippen LogP contribution in [-0.4, -0.2) is 74.4 Å². The summed E-state index contributed by atoms with van der Waals surface area (Å²) < 4.78 is 37.2. The van der Waals surface area contributed by atoms with E-state index < -0.39 is 52.6 Å². The second-order valence-electron chi connectivity index (χ2n) is 19.4. The van der Waals surface area contributed by atoms with Crippen LogP contribution in [0.2, 0.25) is 0 Å². The summed E-state index contributed by atoms with van der Waals surface area (Å²) in [5, 5.41) is 22.8. The Hall–Kier alpha value is -6.30. The number of esters is 2. The van der Waals surface area contributed by atoms with Crippen LogP contribution in [0.4, 0.5) is 0 Å². The number of carbonyl (C=O) groups is 2. The summed E-state index contributed by atoms with van der Waals surface area (Å²) in [7, 11) is 0. The van der Waals surface area contributed by atoms with Crippen LogP contribution >= 0.6 is 0 Å². The van der Waals surface area contributed by atoms with Gasteiger partial charge in [-0.1, -0.05) is 149 Å². The highest BCUT2D eigenvalue weighted by molar-refractivity contribution is 5.87. The molecule has 0 bridgehead atoms. The summed E-state index contributed by atoms with van der Waals surface area (Å²) in [6.07, 6.45) is -1.30. The molecule has 2 heterocycles. The molecule has 6 aromatic carbocycles. The van der Waals surface area contributed by atoms with Gasteiger partial charge in [-0.2, -0.15) is 0 Å². The molecule has 0 aliphatic carbocycles. The van der Waals surface area contributed by atoms with Gasteiger partial charge in [-0.3, -0.25) is 9.59 Å². The molecule has 2 unspecified atom stereocenters. The summed E-state index contributed by atoms with van der Waals surface area (Å²) in [4.78, 5) is 27.4. The van der Waals surface area contributed by atoms with Crippen molar-refractivity contribution in [2.75, 3.05) is 39.6 Å². The lowest BCUT2D eigenvalue weighted by Gasteiger charge is -2.48. The van der Waals surface area contributed by atoms with Crippen molar-refractivity contribution in [2.45, 2.75) is 66.0 Å². The molecule has 2 N–H and O–H groups in total. The third-order valence-electron chi connectivity index (χ3n) is 12.9. The molecule has 67 heavy (non-hydrogen) atoms. The van der Waals surface area contributed by atoms with E-state index in [0.717, 1.165) is 33.4 Å². The molecular formula is C57H60O10. The molecular weight excluding hydrogens is 845 g/mol. The van der Waals surface area contributed by atoms with E-state index >= 15 is 0 Å². The van der Waals surface area contributed by atoms with E-state index in [-0.39, 0.29) is 24.7 Å². The molecule has 8 rings (SSSR count). The van der Waals surface area contributed by atoms with Crippen LogP contribution < -0.4 is 0 Å². The Morgan fingerprint density at radius 2 is 0.761 bits per heavy atom. The van der Waals surface area contributed by atoms with Crippen LogP contribution in [0.3, 0.4) is 0 Å². The Bertz CT molecular complexity index is 2320. The van der Waals surface area contributed by atoms with E-state index in [2.05, 4.69) is 0 Å². The molecule has 10 nitrogen and oxygen atoms in total. The van der Waals surface area contributed by atoms with Crippen LogP contribution in [0.5, 0.6) is 11.5 Å². The molecule has 2 atom stereocenters. The fourth-order valence-electron chi connectivity index (χ4n) is 8.60. The molecule has 0 aromatic heterocycles. The van der Waals surface area contributed by atoms with Crippen molar-refractivity contribution in [1.29, 1.82) is 0 Å². The van der Waals surface area contributed by atoms with Crippen molar-refractivity contribution in [3.8, 4) is 56.0 Å². The molecule has 0 radical (unpaired) electrons. The molecule has 2 aliphatic heterocycles. The number of hydrogen-bond acceptors (Lipinski definition) is 10. The minimum absolute atomic E-state index is 0.0543. The molecule has 0 amide bonds. The fourth-order valence-corrected chi connectivity index (χ4v) is 8.60. The maximum atomic E-state index is 13.7. The highest BCUT2D eigenvalue weighted by atomic mass is 16.7. The molecule has 2 fully saturated rings. The summed E-state index contributed by atoms with van der Waals surface area (Å²) in [6.45, 7) is 12.7. The normalized spacial score (nSPS) is 19.6. The Balaban J connectivity index is 0.844. The lowest BCUT2D eigenvalue weighted by Crippen LogP contribution is -2.57. The fraction of sp³-hybridized carbons (Fsp3) is 0.333. The largest absolute Gasteiger partial charge is 0.507 e. The second kappa shape index (κ2) is 19.9. The van der Waals surface area contributed by atoms with Gasteiger partial charge in [0.25, 0.3) is 0 Å². The van der Waals surface area contributed by atoms with Gasteiger partial charge in [0.15, 0.2) is 12.6 Å². The predicted octanol–water partition coefficient (Wildman–Crippen LogP) is 11.5. The Morgan fingerprint density at radius 3 is 1.01 bits per heavy atom. The van der Waals surface area contributed by atoms with Crippen molar-refractivity contribution < 1.29 is 48.2 Å². The zero-order valence-corrected chi connectivity index (χ0v) is 39.1. The zero-order chi connectivity index (χ0) is 47.3. The van der Waals surface area contributed by atoms with Crippen LogP contribution in [-0.2, 0) is 38.0 Å². The van der Waals surface area contributed by atoms with Gasteiger partial charge in [0.05, 0.1) is 43.7 Å². The van der Waals surface area contributed by atoms with Crippen molar-refractivity contribution in [3.05, 3.63) is 157 Å². The summed E-state index contributed by atoms with van der Waals surface area (Å²) in [6, 6.07) is 45.9. The number of phenols is 2. The molecule has 1 spiro atoms. The first-order valence-electron chi connectivity index (χ1n) is 22.9. The quantitative estimate of drug-likeness (QED) is 0.102. The first-order chi connectivity index (χ1) is 32.1. The van der Waals surface area contributed by atoms with E-state index in [9.17, 15) is 19.8 Å². The standard InChI is InChI=1S/C57H60O10/c1-37(43-27-45(39-19-11-7-12-20-39)49(58)46(28-43)40-21-13-8-14-22-40)51(60)62-31-55(3,4)53-64-33-57(34-65-53)35-66-54(67-36-57)56(5,6)32-63-52(61)38(2)44-29-47(41-23-15-9-16-24-41)50(59)48(30-44)42-25-17-10-18-26-42/h7-30,37-38,53-54,58-59H,31-36H2,1-6H3. The molecule has 6 aromatic rings. The average molecular weight is 905 g/mol. The third kappa shape index (κ3) is 10.5. The lowest BCUT2D eigenvalue weighted by atomic mass is 9.86. The van der Waals surface area contributed by atoms with Crippen LogP contribution in [0.1, 0.15) is 64.5 Å². The van der Waals surface area contributed by atoms with Gasteiger partial charge in [-0.15, -0.1) is 0 Å². The predicted molar refractivity (Wildman–Crippen MR) is 258 cm³/mol. The number of hydrogen-bond donors (Lipinski definition) is 2. The number of carbonyl (C=O) groups excluding carboxylic acids is 2. The van der Waals surface area contributed by atoms with E-state index in [1.807, 2.05) is 187 Å². The van der Waals surface area contributed by atoms with Crippen molar-refractivity contribution in [1.82, 2.24) is 0 Å². The van der Waals surface area contributed by atoms with Crippen molar-refractivity contribution >= 4 is 11.9 Å². The monoisotopic (exact) mass is 904 g/mol. The summed E-state index contributed by atoms with van der Waals surface area (Å²) in [5.74, 6) is -1.76. The number of ether oxygens (including phenoxy) is 6. The third-order valence-corrected chi connectivity index (χ3v) is 12.9. The second-order valence-corrected chi connectivity index (χ2v) is 19.4. The number of aromatic hydroxyl groups is 2. The van der Waals surface area contributed by atoms with Gasteiger partial charge in [0.1, 0.15) is 24.7 Å². The molecule has 10 heteroatoms. The van der Waals surface area contributed by atoms with E-state index in [1.165, 1.54) is 0 Å². The van der Waals surface area contributed by atoms with E-state index in [0.29, 0.717) is 48.7 Å². The van der Waals surface area contributed by atoms with Crippen LogP contribution in [0.25, 0.3) is 44.5 Å². The van der Waals surface area contributed by atoms with Gasteiger partial charge in [-0.25, -0.2) is 0 Å². The SMILES string of the molecule is CC(C(=O)OCC(C)(C)C1OCC2(CO1)COC(C(C)(C)COC(=O)C(C)c1cc(-c3ccccc3)c(O)c(-c3ccccc3)c1)OC2)c1cc(-c2ccccc2)c(O)c(-c2ccccc2)c1. The Morgan fingerprint density at radius 1 is 0.507 bits per heavy atom. The number of rotatable bonds is 14. The summed E-state index contributed by atoms with van der Waals surface area (Å²) >= 11 is 0.